The van der Waals surface area contributed by atoms with Gasteiger partial charge in [0.2, 0.25) is 0 Å². The number of hydrogen-bond donors (Lipinski definition) is 2. The molecule has 0 fully saturated rings. The lowest BCUT2D eigenvalue weighted by Gasteiger charge is -2.12. The Morgan fingerprint density at radius 1 is 1.17 bits per heavy atom. The van der Waals surface area contributed by atoms with Gasteiger partial charge in [-0.3, -0.25) is 10.2 Å². The third kappa shape index (κ3) is 2.86. The Labute approximate surface area is 134 Å². The molecule has 0 atom stereocenters. The van der Waals surface area contributed by atoms with Crippen molar-refractivity contribution in [2.75, 3.05) is 6.61 Å². The van der Waals surface area contributed by atoms with Gasteiger partial charge in [-0.1, -0.05) is 30.3 Å². The highest BCUT2D eigenvalue weighted by Crippen LogP contribution is 2.31. The topological polar surface area (TPSA) is 77.2 Å². The molecule has 116 valence electrons. The maximum absolute atomic E-state index is 12.1. The van der Waals surface area contributed by atoms with E-state index in [0.717, 1.165) is 22.2 Å². The first-order valence-electron chi connectivity index (χ1n) is 7.37. The Morgan fingerprint density at radius 2 is 1.91 bits per heavy atom. The third-order valence-electron chi connectivity index (χ3n) is 3.55. The number of nitrogens with two attached hydrogens (primary N) is 1. The predicted molar refractivity (Wildman–Crippen MR) is 90.0 cm³/mol. The molecule has 3 aromatic rings. The van der Waals surface area contributed by atoms with E-state index >= 15 is 0 Å². The van der Waals surface area contributed by atoms with Crippen molar-refractivity contribution in [3.05, 3.63) is 60.2 Å². The molecule has 5 heteroatoms. The summed E-state index contributed by atoms with van der Waals surface area (Å²) < 4.78 is 5.66. The van der Waals surface area contributed by atoms with Crippen molar-refractivity contribution in [2.24, 2.45) is 5.84 Å². The van der Waals surface area contributed by atoms with Crippen molar-refractivity contribution in [1.82, 2.24) is 10.4 Å². The SMILES string of the molecule is CCOc1ccccc1-c1cc(C(=O)NN)c2ccccc2n1. The molecule has 0 aliphatic carbocycles. The number of nitrogens with zero attached hydrogens (tertiary/aromatic N) is 1. The average Bonchev–Trinajstić information content (AvgIpc) is 2.61. The molecular formula is C18H17N3O2. The summed E-state index contributed by atoms with van der Waals surface area (Å²) in [4.78, 5) is 16.8. The number of amides is 1. The second-order valence-electron chi connectivity index (χ2n) is 4.97. The Kier molecular flexibility index (Phi) is 4.21. The maximum Gasteiger partial charge on any atom is 0.265 e. The number of benzene rings is 2. The van der Waals surface area contributed by atoms with Crippen LogP contribution in [-0.4, -0.2) is 17.5 Å². The first-order chi connectivity index (χ1) is 11.2. The largest absolute Gasteiger partial charge is 0.493 e. The van der Waals surface area contributed by atoms with Crippen molar-refractivity contribution in [3.8, 4) is 17.0 Å². The number of hydrazine groups is 1. The van der Waals surface area contributed by atoms with Crippen molar-refractivity contribution < 1.29 is 9.53 Å². The van der Waals surface area contributed by atoms with E-state index in [-0.39, 0.29) is 5.91 Å². The first kappa shape index (κ1) is 15.0. The number of aromatic nitrogens is 1. The molecule has 0 radical (unpaired) electrons. The van der Waals surface area contributed by atoms with Crippen molar-refractivity contribution >= 4 is 16.8 Å². The van der Waals surface area contributed by atoms with Crippen LogP contribution in [0.25, 0.3) is 22.2 Å². The van der Waals surface area contributed by atoms with Gasteiger partial charge in [0.25, 0.3) is 5.91 Å². The lowest BCUT2D eigenvalue weighted by molar-refractivity contribution is 0.0955. The summed E-state index contributed by atoms with van der Waals surface area (Å²) in [5, 5.41) is 0.757. The van der Waals surface area contributed by atoms with E-state index in [1.807, 2.05) is 55.5 Å². The smallest absolute Gasteiger partial charge is 0.265 e. The summed E-state index contributed by atoms with van der Waals surface area (Å²) in [7, 11) is 0. The Morgan fingerprint density at radius 3 is 2.70 bits per heavy atom. The number of fused-ring (bicyclic) bond motifs is 1. The number of para-hydroxylation sites is 2. The third-order valence-corrected chi connectivity index (χ3v) is 3.55. The summed E-state index contributed by atoms with van der Waals surface area (Å²) in [5.74, 6) is 5.70. The highest BCUT2D eigenvalue weighted by Gasteiger charge is 2.15. The van der Waals surface area contributed by atoms with Crippen LogP contribution in [0.2, 0.25) is 0 Å². The van der Waals surface area contributed by atoms with Gasteiger partial charge in [0.05, 0.1) is 23.4 Å². The molecule has 0 saturated carbocycles. The number of carbonyl (C=O) groups excluding carboxylic acids is 1. The fourth-order valence-corrected chi connectivity index (χ4v) is 2.54. The standard InChI is InChI=1S/C18H17N3O2/c1-2-23-17-10-6-4-8-13(17)16-11-14(18(22)21-19)12-7-3-5-9-15(12)20-16/h3-11H,2,19H2,1H3,(H,21,22). The van der Waals surface area contributed by atoms with Crippen molar-refractivity contribution in [1.29, 1.82) is 0 Å². The van der Waals surface area contributed by atoms with Crippen molar-refractivity contribution in [3.63, 3.8) is 0 Å². The molecule has 0 spiro atoms. The fourth-order valence-electron chi connectivity index (χ4n) is 2.54. The van der Waals surface area contributed by atoms with Gasteiger partial charge in [0.1, 0.15) is 5.75 Å². The highest BCUT2D eigenvalue weighted by molar-refractivity contribution is 6.07. The highest BCUT2D eigenvalue weighted by atomic mass is 16.5. The van der Waals surface area contributed by atoms with Gasteiger partial charge in [-0.05, 0) is 31.2 Å². The second-order valence-corrected chi connectivity index (χ2v) is 4.97. The summed E-state index contributed by atoms with van der Waals surface area (Å²) in [6.45, 7) is 2.48. The van der Waals surface area contributed by atoms with Crippen LogP contribution in [0, 0.1) is 0 Å². The summed E-state index contributed by atoms with van der Waals surface area (Å²) in [6.07, 6.45) is 0. The summed E-state index contributed by atoms with van der Waals surface area (Å²) >= 11 is 0. The van der Waals surface area contributed by atoms with Crippen LogP contribution in [0.5, 0.6) is 5.75 Å². The number of pyridine rings is 1. The quantitative estimate of drug-likeness (QED) is 0.441. The lowest BCUT2D eigenvalue weighted by atomic mass is 10.0. The van der Waals surface area contributed by atoms with Gasteiger partial charge in [-0.15, -0.1) is 0 Å². The minimum atomic E-state index is -0.348. The molecule has 0 unspecified atom stereocenters. The fraction of sp³-hybridized carbons (Fsp3) is 0.111. The zero-order valence-corrected chi connectivity index (χ0v) is 12.7. The van der Waals surface area contributed by atoms with Crippen LogP contribution in [0.15, 0.2) is 54.6 Å². The molecule has 1 heterocycles. The molecule has 1 aromatic heterocycles. The van der Waals surface area contributed by atoms with Gasteiger partial charge in [0.15, 0.2) is 0 Å². The molecule has 5 nitrogen and oxygen atoms in total. The van der Waals surface area contributed by atoms with Crippen LogP contribution < -0.4 is 16.0 Å². The van der Waals surface area contributed by atoms with E-state index in [1.54, 1.807) is 6.07 Å². The minimum Gasteiger partial charge on any atom is -0.493 e. The van der Waals surface area contributed by atoms with Gasteiger partial charge < -0.3 is 4.74 Å². The van der Waals surface area contributed by atoms with Crippen LogP contribution in [0.1, 0.15) is 17.3 Å². The van der Waals surface area contributed by atoms with Gasteiger partial charge >= 0.3 is 0 Å². The number of nitrogens with one attached hydrogen (secondary N) is 1. The number of carbonyl (C=O) groups is 1. The van der Waals surface area contributed by atoms with E-state index in [2.05, 4.69) is 10.4 Å². The van der Waals surface area contributed by atoms with Crippen LogP contribution in [-0.2, 0) is 0 Å². The molecular weight excluding hydrogens is 290 g/mol. The van der Waals surface area contributed by atoms with E-state index in [4.69, 9.17) is 10.6 Å². The maximum atomic E-state index is 12.1. The Bertz CT molecular complexity index is 862. The molecule has 3 N–H and O–H groups in total. The molecule has 0 saturated heterocycles. The molecule has 1 amide bonds. The van der Waals surface area contributed by atoms with Gasteiger partial charge in [-0.2, -0.15) is 0 Å². The number of hydrogen-bond acceptors (Lipinski definition) is 4. The normalized spacial score (nSPS) is 10.5. The first-order valence-corrected chi connectivity index (χ1v) is 7.37. The van der Waals surface area contributed by atoms with E-state index in [9.17, 15) is 4.79 Å². The molecule has 23 heavy (non-hydrogen) atoms. The second kappa shape index (κ2) is 6.46. The van der Waals surface area contributed by atoms with Gasteiger partial charge in [0, 0.05) is 10.9 Å². The average molecular weight is 307 g/mol. The molecule has 3 rings (SSSR count). The van der Waals surface area contributed by atoms with E-state index in [0.29, 0.717) is 17.9 Å². The Hall–Kier alpha value is -2.92. The monoisotopic (exact) mass is 307 g/mol. The van der Waals surface area contributed by atoms with Crippen LogP contribution in [0.4, 0.5) is 0 Å². The van der Waals surface area contributed by atoms with Crippen LogP contribution >= 0.6 is 0 Å². The van der Waals surface area contributed by atoms with E-state index in [1.165, 1.54) is 0 Å². The summed E-state index contributed by atoms with van der Waals surface area (Å²) in [5.41, 5.74) is 4.92. The van der Waals surface area contributed by atoms with Crippen molar-refractivity contribution in [2.45, 2.75) is 6.92 Å². The number of nitrogen functional groups attached to an aromatic ring is 1. The molecule has 0 aliphatic rings. The lowest BCUT2D eigenvalue weighted by Crippen LogP contribution is -2.30. The predicted octanol–water partition coefficient (Wildman–Crippen LogP) is 2.90. The Balaban J connectivity index is 2.25. The van der Waals surface area contributed by atoms with Crippen LogP contribution in [0.3, 0.4) is 0 Å². The molecule has 2 aromatic carbocycles. The summed E-state index contributed by atoms with van der Waals surface area (Å²) in [6, 6.07) is 16.8. The number of ether oxygens (including phenoxy) is 1. The minimum absolute atomic E-state index is 0.348. The molecule has 0 aliphatic heterocycles. The zero-order valence-electron chi connectivity index (χ0n) is 12.7. The number of rotatable bonds is 4. The van der Waals surface area contributed by atoms with E-state index < -0.39 is 0 Å². The zero-order chi connectivity index (χ0) is 16.2. The molecule has 0 bridgehead atoms. The van der Waals surface area contributed by atoms with Gasteiger partial charge in [-0.25, -0.2) is 10.8 Å².